The SMILES string of the molecule is COc1cc(C(F)(F)F)ccc1-c1cnc2c(c1)ncn2CC(=O)N(C)C. The molecule has 9 heteroatoms. The lowest BCUT2D eigenvalue weighted by molar-refractivity contribution is -0.137. The third kappa shape index (κ3) is 3.71. The molecule has 0 atom stereocenters. The van der Waals surface area contributed by atoms with E-state index in [2.05, 4.69) is 9.97 Å². The van der Waals surface area contributed by atoms with E-state index in [1.165, 1.54) is 30.6 Å². The van der Waals surface area contributed by atoms with Crippen LogP contribution in [0.4, 0.5) is 13.2 Å². The van der Waals surface area contributed by atoms with Crippen LogP contribution in [0.25, 0.3) is 22.3 Å². The van der Waals surface area contributed by atoms with E-state index in [1.807, 2.05) is 0 Å². The fourth-order valence-corrected chi connectivity index (χ4v) is 2.60. The summed E-state index contributed by atoms with van der Waals surface area (Å²) in [5.74, 6) is -0.0159. The van der Waals surface area contributed by atoms with Gasteiger partial charge in [-0.15, -0.1) is 0 Å². The lowest BCUT2D eigenvalue weighted by Gasteiger charge is -2.13. The first-order chi connectivity index (χ1) is 12.7. The third-order valence-corrected chi connectivity index (χ3v) is 4.10. The number of pyridine rings is 1. The molecule has 1 aromatic carbocycles. The summed E-state index contributed by atoms with van der Waals surface area (Å²) in [5.41, 5.74) is 1.29. The van der Waals surface area contributed by atoms with Crippen LogP contribution >= 0.6 is 0 Å². The number of hydrogen-bond donors (Lipinski definition) is 0. The number of carbonyl (C=O) groups is 1. The molecule has 0 saturated carbocycles. The molecule has 0 saturated heterocycles. The van der Waals surface area contributed by atoms with Gasteiger partial charge in [0.15, 0.2) is 5.65 Å². The van der Waals surface area contributed by atoms with Crippen molar-refractivity contribution in [1.29, 1.82) is 0 Å². The van der Waals surface area contributed by atoms with Gasteiger partial charge in [0.1, 0.15) is 17.8 Å². The Balaban J connectivity index is 2.00. The number of fused-ring (bicyclic) bond motifs is 1. The zero-order valence-corrected chi connectivity index (χ0v) is 14.9. The zero-order chi connectivity index (χ0) is 19.8. The summed E-state index contributed by atoms with van der Waals surface area (Å²) in [6, 6.07) is 4.99. The predicted octanol–water partition coefficient (Wildman–Crippen LogP) is 3.21. The standard InChI is InChI=1S/C18H17F3N4O2/c1-24(2)16(26)9-25-10-23-14-6-11(8-22-17(14)25)13-5-4-12(18(19,20)21)7-15(13)27-3/h4-8,10H,9H2,1-3H3. The van der Waals surface area contributed by atoms with Crippen molar-refractivity contribution in [3.63, 3.8) is 0 Å². The Hall–Kier alpha value is -3.10. The zero-order valence-electron chi connectivity index (χ0n) is 14.9. The third-order valence-electron chi connectivity index (χ3n) is 4.10. The Morgan fingerprint density at radius 1 is 1.22 bits per heavy atom. The first kappa shape index (κ1) is 18.7. The maximum Gasteiger partial charge on any atom is 0.416 e. The smallest absolute Gasteiger partial charge is 0.416 e. The number of carbonyl (C=O) groups excluding carboxylic acids is 1. The van der Waals surface area contributed by atoms with Crippen molar-refractivity contribution < 1.29 is 22.7 Å². The van der Waals surface area contributed by atoms with Gasteiger partial charge in [0.25, 0.3) is 0 Å². The van der Waals surface area contributed by atoms with E-state index in [0.29, 0.717) is 22.3 Å². The van der Waals surface area contributed by atoms with Crippen LogP contribution in [-0.4, -0.2) is 46.5 Å². The van der Waals surface area contributed by atoms with Crippen molar-refractivity contribution in [3.8, 4) is 16.9 Å². The van der Waals surface area contributed by atoms with Crippen LogP contribution in [0.15, 0.2) is 36.8 Å². The molecular weight excluding hydrogens is 361 g/mol. The quantitative estimate of drug-likeness (QED) is 0.700. The number of hydrogen-bond acceptors (Lipinski definition) is 4. The van der Waals surface area contributed by atoms with Gasteiger partial charge < -0.3 is 14.2 Å². The van der Waals surface area contributed by atoms with Crippen LogP contribution < -0.4 is 4.74 Å². The van der Waals surface area contributed by atoms with E-state index in [1.54, 1.807) is 24.7 Å². The largest absolute Gasteiger partial charge is 0.496 e. The normalized spacial score (nSPS) is 11.6. The lowest BCUT2D eigenvalue weighted by Crippen LogP contribution is -2.26. The van der Waals surface area contributed by atoms with Crippen LogP contribution in [0.2, 0.25) is 0 Å². The molecule has 0 aliphatic carbocycles. The molecule has 0 aliphatic rings. The average molecular weight is 378 g/mol. The number of aromatic nitrogens is 3. The molecule has 0 radical (unpaired) electrons. The Morgan fingerprint density at radius 2 is 1.96 bits per heavy atom. The molecule has 0 aliphatic heterocycles. The Kier molecular flexibility index (Phi) is 4.77. The highest BCUT2D eigenvalue weighted by molar-refractivity contribution is 5.82. The van der Waals surface area contributed by atoms with Crippen LogP contribution in [0, 0.1) is 0 Å². The monoisotopic (exact) mass is 378 g/mol. The van der Waals surface area contributed by atoms with Crippen molar-refractivity contribution in [2.45, 2.75) is 12.7 Å². The molecule has 3 rings (SSSR count). The summed E-state index contributed by atoms with van der Waals surface area (Å²) in [6.45, 7) is 0.0967. The summed E-state index contributed by atoms with van der Waals surface area (Å²) in [6.07, 6.45) is -1.43. The van der Waals surface area contributed by atoms with Crippen LogP contribution in [0.5, 0.6) is 5.75 Å². The van der Waals surface area contributed by atoms with Crippen LogP contribution in [0.3, 0.4) is 0 Å². The van der Waals surface area contributed by atoms with Crippen LogP contribution in [0.1, 0.15) is 5.56 Å². The summed E-state index contributed by atoms with van der Waals surface area (Å²) >= 11 is 0. The number of nitrogens with zero attached hydrogens (tertiary/aromatic N) is 4. The highest BCUT2D eigenvalue weighted by atomic mass is 19.4. The number of benzene rings is 1. The molecule has 3 aromatic rings. The van der Waals surface area contributed by atoms with E-state index in [4.69, 9.17) is 4.74 Å². The maximum absolute atomic E-state index is 12.9. The van der Waals surface area contributed by atoms with Gasteiger partial charge in [-0.2, -0.15) is 13.2 Å². The Bertz CT molecular complexity index is 996. The predicted molar refractivity (Wildman–Crippen MR) is 93.2 cm³/mol. The van der Waals surface area contributed by atoms with Gasteiger partial charge in [-0.1, -0.05) is 0 Å². The molecule has 0 fully saturated rings. The van der Waals surface area contributed by atoms with Gasteiger partial charge in [0, 0.05) is 31.4 Å². The molecule has 0 spiro atoms. The maximum atomic E-state index is 12.9. The second kappa shape index (κ2) is 6.90. The van der Waals surface area contributed by atoms with Crippen molar-refractivity contribution in [3.05, 3.63) is 42.4 Å². The molecule has 1 amide bonds. The van der Waals surface area contributed by atoms with Gasteiger partial charge in [-0.05, 0) is 24.3 Å². The fraction of sp³-hybridized carbons (Fsp3) is 0.278. The minimum Gasteiger partial charge on any atom is -0.496 e. The minimum atomic E-state index is -4.45. The van der Waals surface area contributed by atoms with Gasteiger partial charge in [0.05, 0.1) is 19.0 Å². The second-order valence-electron chi connectivity index (χ2n) is 6.14. The van der Waals surface area contributed by atoms with Crippen molar-refractivity contribution in [1.82, 2.24) is 19.4 Å². The molecule has 142 valence electrons. The van der Waals surface area contributed by atoms with E-state index in [9.17, 15) is 18.0 Å². The summed E-state index contributed by atoms with van der Waals surface area (Å²) in [7, 11) is 4.63. The van der Waals surface area contributed by atoms with E-state index in [-0.39, 0.29) is 18.2 Å². The number of rotatable bonds is 4. The van der Waals surface area contributed by atoms with Gasteiger partial charge >= 0.3 is 6.18 Å². The number of halogens is 3. The highest BCUT2D eigenvalue weighted by Crippen LogP contribution is 2.37. The minimum absolute atomic E-state index is 0.0909. The molecule has 27 heavy (non-hydrogen) atoms. The summed E-state index contributed by atoms with van der Waals surface area (Å²) in [4.78, 5) is 21.9. The van der Waals surface area contributed by atoms with E-state index in [0.717, 1.165) is 12.1 Å². The number of methoxy groups -OCH3 is 1. The molecular formula is C18H17F3N4O2. The Morgan fingerprint density at radius 3 is 2.59 bits per heavy atom. The number of alkyl halides is 3. The van der Waals surface area contributed by atoms with Crippen molar-refractivity contribution in [2.75, 3.05) is 21.2 Å². The molecule has 0 unspecified atom stereocenters. The van der Waals surface area contributed by atoms with E-state index < -0.39 is 11.7 Å². The molecule has 0 N–H and O–H groups in total. The molecule has 2 aromatic heterocycles. The van der Waals surface area contributed by atoms with Crippen molar-refractivity contribution >= 4 is 17.1 Å². The van der Waals surface area contributed by atoms with Gasteiger partial charge in [0.2, 0.25) is 5.91 Å². The lowest BCUT2D eigenvalue weighted by atomic mass is 10.0. The number of imidazole rings is 1. The first-order valence-corrected chi connectivity index (χ1v) is 7.97. The number of ether oxygens (including phenoxy) is 1. The van der Waals surface area contributed by atoms with E-state index >= 15 is 0 Å². The first-order valence-electron chi connectivity index (χ1n) is 7.97. The van der Waals surface area contributed by atoms with Gasteiger partial charge in [-0.25, -0.2) is 9.97 Å². The number of likely N-dealkylation sites (N-methyl/N-ethyl adjacent to an activating group) is 1. The fourth-order valence-electron chi connectivity index (χ4n) is 2.60. The summed E-state index contributed by atoms with van der Waals surface area (Å²) < 4.78 is 45.4. The van der Waals surface area contributed by atoms with Crippen molar-refractivity contribution in [2.24, 2.45) is 0 Å². The highest BCUT2D eigenvalue weighted by Gasteiger charge is 2.31. The molecule has 6 nitrogen and oxygen atoms in total. The van der Waals surface area contributed by atoms with Crippen LogP contribution in [-0.2, 0) is 17.5 Å². The second-order valence-corrected chi connectivity index (χ2v) is 6.14. The summed E-state index contributed by atoms with van der Waals surface area (Å²) in [5, 5.41) is 0. The molecule has 2 heterocycles. The molecule has 0 bridgehead atoms. The number of amides is 1. The van der Waals surface area contributed by atoms with Gasteiger partial charge in [-0.3, -0.25) is 4.79 Å². The average Bonchev–Trinajstić information content (AvgIpc) is 3.02. The topological polar surface area (TPSA) is 60.3 Å². The Labute approximate surface area is 153 Å².